The predicted molar refractivity (Wildman–Crippen MR) is 47.1 cm³/mol. The van der Waals surface area contributed by atoms with Crippen molar-refractivity contribution in [2.75, 3.05) is 7.11 Å². The number of rotatable bonds is 4. The number of nitrogens with zero attached hydrogens (tertiary/aromatic N) is 2. The second-order valence-corrected chi connectivity index (χ2v) is 3.09. The molecular weight excluding hydrogens is 170 g/mol. The summed E-state index contributed by atoms with van der Waals surface area (Å²) >= 11 is 0. The summed E-state index contributed by atoms with van der Waals surface area (Å²) in [4.78, 5) is 4.11. The zero-order valence-electron chi connectivity index (χ0n) is 8.15. The first-order chi connectivity index (χ1) is 6.13. The summed E-state index contributed by atoms with van der Waals surface area (Å²) in [6.45, 7) is 3.75. The van der Waals surface area contributed by atoms with Crippen LogP contribution in [0.15, 0.2) is 4.52 Å². The van der Waals surface area contributed by atoms with Crippen LogP contribution in [-0.4, -0.2) is 23.4 Å². The van der Waals surface area contributed by atoms with Crippen molar-refractivity contribution < 1.29 is 9.26 Å². The van der Waals surface area contributed by atoms with Crippen LogP contribution in [0.4, 0.5) is 0 Å². The lowest BCUT2D eigenvalue weighted by Crippen LogP contribution is -2.10. The second kappa shape index (κ2) is 4.34. The highest BCUT2D eigenvalue weighted by Crippen LogP contribution is 2.07. The molecule has 1 aromatic rings. The fraction of sp³-hybridized carbons (Fsp3) is 0.750. The van der Waals surface area contributed by atoms with Crippen LogP contribution in [0, 0.1) is 0 Å². The summed E-state index contributed by atoms with van der Waals surface area (Å²) in [5.41, 5.74) is 5.56. The van der Waals surface area contributed by atoms with E-state index in [2.05, 4.69) is 10.1 Å². The summed E-state index contributed by atoms with van der Waals surface area (Å²) in [6, 6.07) is -0.209. The number of ether oxygens (including phenoxy) is 1. The van der Waals surface area contributed by atoms with E-state index in [1.165, 1.54) is 0 Å². The fourth-order valence-corrected chi connectivity index (χ4v) is 0.876. The molecule has 0 aliphatic rings. The topological polar surface area (TPSA) is 74.2 Å². The Morgan fingerprint density at radius 2 is 2.23 bits per heavy atom. The summed E-state index contributed by atoms with van der Waals surface area (Å²) in [6.07, 6.45) is 0.741. The highest BCUT2D eigenvalue weighted by molar-refractivity contribution is 4.91. The van der Waals surface area contributed by atoms with Gasteiger partial charge in [-0.1, -0.05) is 5.16 Å². The van der Waals surface area contributed by atoms with Gasteiger partial charge in [0.25, 0.3) is 0 Å². The van der Waals surface area contributed by atoms with Gasteiger partial charge in [-0.2, -0.15) is 4.98 Å². The molecule has 2 N–H and O–H groups in total. The van der Waals surface area contributed by atoms with E-state index in [0.29, 0.717) is 18.1 Å². The van der Waals surface area contributed by atoms with Crippen LogP contribution >= 0.6 is 0 Å². The van der Waals surface area contributed by atoms with Crippen molar-refractivity contribution in [2.24, 2.45) is 5.73 Å². The van der Waals surface area contributed by atoms with Gasteiger partial charge in [-0.25, -0.2) is 0 Å². The molecule has 1 unspecified atom stereocenters. The third kappa shape index (κ3) is 2.78. The van der Waals surface area contributed by atoms with Gasteiger partial charge in [0.05, 0.1) is 12.1 Å². The third-order valence-electron chi connectivity index (χ3n) is 1.75. The lowest BCUT2D eigenvalue weighted by atomic mass is 10.3. The lowest BCUT2D eigenvalue weighted by Gasteiger charge is -2.04. The highest BCUT2D eigenvalue weighted by atomic mass is 16.5. The Morgan fingerprint density at radius 3 is 2.69 bits per heavy atom. The lowest BCUT2D eigenvalue weighted by molar-refractivity contribution is 0.116. The van der Waals surface area contributed by atoms with Crippen molar-refractivity contribution in [3.63, 3.8) is 0 Å². The largest absolute Gasteiger partial charge is 0.381 e. The number of hydrogen-bond donors (Lipinski definition) is 1. The Morgan fingerprint density at radius 1 is 1.54 bits per heavy atom. The van der Waals surface area contributed by atoms with Crippen molar-refractivity contribution in [1.82, 2.24) is 10.1 Å². The Labute approximate surface area is 77.3 Å². The smallest absolute Gasteiger partial charge is 0.243 e. The van der Waals surface area contributed by atoms with Crippen molar-refractivity contribution >= 4 is 0 Å². The van der Waals surface area contributed by atoms with Crippen LogP contribution in [0.5, 0.6) is 0 Å². The maximum Gasteiger partial charge on any atom is 0.243 e. The molecule has 13 heavy (non-hydrogen) atoms. The normalized spacial score (nSPS) is 15.7. The molecule has 1 aromatic heterocycles. The SMILES string of the molecule is COC(C)Cc1noc([C@@H](C)N)n1. The van der Waals surface area contributed by atoms with Gasteiger partial charge in [0.2, 0.25) is 5.89 Å². The van der Waals surface area contributed by atoms with Crippen LogP contribution in [0.1, 0.15) is 31.6 Å². The molecule has 1 rings (SSSR count). The van der Waals surface area contributed by atoms with E-state index in [0.717, 1.165) is 0 Å². The first-order valence-corrected chi connectivity index (χ1v) is 4.24. The number of hydrogen-bond acceptors (Lipinski definition) is 5. The molecule has 0 bridgehead atoms. The van der Waals surface area contributed by atoms with Gasteiger partial charge >= 0.3 is 0 Å². The molecule has 0 fully saturated rings. The average Bonchev–Trinajstić information content (AvgIpc) is 2.52. The van der Waals surface area contributed by atoms with Crippen LogP contribution < -0.4 is 5.73 Å². The number of methoxy groups -OCH3 is 1. The molecule has 74 valence electrons. The molecule has 5 nitrogen and oxygen atoms in total. The monoisotopic (exact) mass is 185 g/mol. The van der Waals surface area contributed by atoms with Gasteiger partial charge in [0.1, 0.15) is 0 Å². The van der Waals surface area contributed by atoms with Crippen LogP contribution in [0.2, 0.25) is 0 Å². The Bertz CT molecular complexity index is 260. The van der Waals surface area contributed by atoms with Gasteiger partial charge in [-0.15, -0.1) is 0 Å². The van der Waals surface area contributed by atoms with E-state index in [1.807, 2.05) is 6.92 Å². The molecule has 0 amide bonds. The second-order valence-electron chi connectivity index (χ2n) is 3.09. The highest BCUT2D eigenvalue weighted by Gasteiger charge is 2.12. The maximum atomic E-state index is 5.56. The number of aromatic nitrogens is 2. The molecule has 1 heterocycles. The quantitative estimate of drug-likeness (QED) is 0.746. The van der Waals surface area contributed by atoms with Crippen molar-refractivity contribution in [3.8, 4) is 0 Å². The van der Waals surface area contributed by atoms with Gasteiger partial charge < -0.3 is 15.0 Å². The molecule has 0 saturated heterocycles. The molecule has 0 saturated carbocycles. The van der Waals surface area contributed by atoms with Crippen molar-refractivity contribution in [1.29, 1.82) is 0 Å². The third-order valence-corrected chi connectivity index (χ3v) is 1.75. The van der Waals surface area contributed by atoms with E-state index >= 15 is 0 Å². The standard InChI is InChI=1S/C8H15N3O2/c1-5(12-3)4-7-10-8(6(2)9)13-11-7/h5-6H,4,9H2,1-3H3/t5?,6-/m1/s1. The van der Waals surface area contributed by atoms with Gasteiger partial charge in [0.15, 0.2) is 5.82 Å². The molecule has 0 spiro atoms. The zero-order valence-corrected chi connectivity index (χ0v) is 8.15. The molecule has 0 aliphatic heterocycles. The van der Waals surface area contributed by atoms with Crippen molar-refractivity contribution in [3.05, 3.63) is 11.7 Å². The molecule has 2 atom stereocenters. The van der Waals surface area contributed by atoms with Crippen LogP contribution in [0.3, 0.4) is 0 Å². The van der Waals surface area contributed by atoms with E-state index in [1.54, 1.807) is 14.0 Å². The minimum atomic E-state index is -0.209. The zero-order chi connectivity index (χ0) is 9.84. The molecule has 0 aliphatic carbocycles. The summed E-state index contributed by atoms with van der Waals surface area (Å²) in [5.74, 6) is 1.11. The van der Waals surface area contributed by atoms with E-state index in [4.69, 9.17) is 15.0 Å². The average molecular weight is 185 g/mol. The molecule has 5 heteroatoms. The fourth-order valence-electron chi connectivity index (χ4n) is 0.876. The summed E-state index contributed by atoms with van der Waals surface area (Å²) < 4.78 is 10.0. The van der Waals surface area contributed by atoms with Gasteiger partial charge in [-0.3, -0.25) is 0 Å². The first-order valence-electron chi connectivity index (χ1n) is 4.24. The summed E-state index contributed by atoms with van der Waals surface area (Å²) in [7, 11) is 1.65. The number of nitrogens with two attached hydrogens (primary N) is 1. The minimum absolute atomic E-state index is 0.0959. The van der Waals surface area contributed by atoms with Gasteiger partial charge in [-0.05, 0) is 13.8 Å². The predicted octanol–water partition coefficient (Wildman–Crippen LogP) is 0.667. The van der Waals surface area contributed by atoms with E-state index in [-0.39, 0.29) is 12.1 Å². The van der Waals surface area contributed by atoms with Crippen molar-refractivity contribution in [2.45, 2.75) is 32.4 Å². The van der Waals surface area contributed by atoms with Crippen LogP contribution in [-0.2, 0) is 11.2 Å². The molecular formula is C8H15N3O2. The van der Waals surface area contributed by atoms with Gasteiger partial charge in [0, 0.05) is 13.5 Å². The molecule has 0 aromatic carbocycles. The maximum absolute atomic E-state index is 5.56. The van der Waals surface area contributed by atoms with E-state index < -0.39 is 0 Å². The van der Waals surface area contributed by atoms with Crippen LogP contribution in [0.25, 0.3) is 0 Å². The summed E-state index contributed by atoms with van der Waals surface area (Å²) in [5, 5.41) is 3.78. The first kappa shape index (κ1) is 10.1. The Kier molecular flexibility index (Phi) is 3.39. The van der Waals surface area contributed by atoms with E-state index in [9.17, 15) is 0 Å². The molecule has 0 radical (unpaired) electrons. The Hall–Kier alpha value is -0.940. The minimum Gasteiger partial charge on any atom is -0.381 e. The Balaban J connectivity index is 2.58.